The first-order valence-electron chi connectivity index (χ1n) is 8.05. The predicted octanol–water partition coefficient (Wildman–Crippen LogP) is 3.89. The van der Waals surface area contributed by atoms with E-state index in [1.54, 1.807) is 0 Å². The van der Waals surface area contributed by atoms with Crippen LogP contribution in [0.15, 0.2) is 24.3 Å². The molecule has 1 fully saturated rings. The first-order valence-corrected chi connectivity index (χ1v) is 8.05. The molecule has 0 saturated carbocycles. The van der Waals surface area contributed by atoms with Crippen LogP contribution in [0, 0.1) is 0 Å². The zero-order valence-corrected chi connectivity index (χ0v) is 13.1. The molecule has 3 N–H and O–H groups in total. The molecule has 2 amide bonds. The van der Waals surface area contributed by atoms with Gasteiger partial charge in [-0.25, -0.2) is 4.79 Å². The second-order valence-electron chi connectivity index (χ2n) is 5.97. The van der Waals surface area contributed by atoms with E-state index in [9.17, 15) is 4.79 Å². The van der Waals surface area contributed by atoms with Crippen molar-refractivity contribution in [3.63, 3.8) is 0 Å². The number of hydrogen-bond donors (Lipinski definition) is 2. The number of nitrogens with one attached hydrogen (secondary N) is 1. The van der Waals surface area contributed by atoms with E-state index in [4.69, 9.17) is 5.73 Å². The molecular formula is C17H27N3O. The molecule has 1 saturated heterocycles. The summed E-state index contributed by atoms with van der Waals surface area (Å²) in [5, 5.41) is 3.01. The Bertz CT molecular complexity index is 454. The number of anilines is 1. The summed E-state index contributed by atoms with van der Waals surface area (Å²) >= 11 is 0. The topological polar surface area (TPSA) is 58.4 Å². The molecule has 0 aromatic heterocycles. The van der Waals surface area contributed by atoms with Crippen molar-refractivity contribution in [2.24, 2.45) is 5.73 Å². The Morgan fingerprint density at radius 3 is 2.71 bits per heavy atom. The van der Waals surface area contributed by atoms with Crippen LogP contribution in [0.2, 0.25) is 0 Å². The second-order valence-corrected chi connectivity index (χ2v) is 5.97. The van der Waals surface area contributed by atoms with Crippen LogP contribution in [-0.2, 0) is 0 Å². The Balaban J connectivity index is 1.99. The molecule has 1 aliphatic heterocycles. The van der Waals surface area contributed by atoms with Crippen molar-refractivity contribution < 1.29 is 4.79 Å². The number of hydrogen-bond acceptors (Lipinski definition) is 2. The highest BCUT2D eigenvalue weighted by Gasteiger charge is 2.25. The number of nitrogens with zero attached hydrogens (tertiary/aromatic N) is 1. The smallest absolute Gasteiger partial charge is 0.322 e. The average molecular weight is 289 g/mol. The largest absolute Gasteiger partial charge is 0.324 e. The van der Waals surface area contributed by atoms with Crippen LogP contribution in [0.1, 0.15) is 57.6 Å². The lowest BCUT2D eigenvalue weighted by Gasteiger charge is -2.35. The lowest BCUT2D eigenvalue weighted by Crippen LogP contribution is -2.45. The monoisotopic (exact) mass is 289 g/mol. The first-order chi connectivity index (χ1) is 10.1. The van der Waals surface area contributed by atoms with E-state index in [1.165, 1.54) is 6.42 Å². The maximum Gasteiger partial charge on any atom is 0.322 e. The molecule has 2 rings (SSSR count). The summed E-state index contributed by atoms with van der Waals surface area (Å²) in [7, 11) is 0. The van der Waals surface area contributed by atoms with E-state index in [1.807, 2.05) is 36.1 Å². The van der Waals surface area contributed by atoms with Crippen LogP contribution in [0.4, 0.5) is 10.5 Å². The number of rotatable bonds is 4. The van der Waals surface area contributed by atoms with Crippen molar-refractivity contribution in [2.75, 3.05) is 11.9 Å². The maximum absolute atomic E-state index is 12.5. The summed E-state index contributed by atoms with van der Waals surface area (Å²) in [5.41, 5.74) is 7.75. The molecule has 1 heterocycles. The standard InChI is InChI=1S/C17H27N3O/c1-3-6-16-7-4-5-12-20(16)17(21)19-15-10-8-14(9-11-15)13(2)18/h8-11,13,16H,3-7,12,18H2,1-2H3,(H,19,21). The van der Waals surface area contributed by atoms with Crippen molar-refractivity contribution in [3.8, 4) is 0 Å². The minimum atomic E-state index is 0.0192. The van der Waals surface area contributed by atoms with Crippen LogP contribution >= 0.6 is 0 Å². The average Bonchev–Trinajstić information content (AvgIpc) is 2.48. The Kier molecular flexibility index (Phi) is 5.62. The van der Waals surface area contributed by atoms with Crippen LogP contribution < -0.4 is 11.1 Å². The zero-order chi connectivity index (χ0) is 15.2. The maximum atomic E-state index is 12.5. The number of urea groups is 1. The third kappa shape index (κ3) is 4.21. The number of amides is 2. The van der Waals surface area contributed by atoms with Gasteiger partial charge in [-0.2, -0.15) is 0 Å². The fourth-order valence-electron chi connectivity index (χ4n) is 2.97. The minimum absolute atomic E-state index is 0.0192. The van der Waals surface area contributed by atoms with Gasteiger partial charge in [-0.3, -0.25) is 0 Å². The zero-order valence-electron chi connectivity index (χ0n) is 13.1. The highest BCUT2D eigenvalue weighted by molar-refractivity contribution is 5.89. The van der Waals surface area contributed by atoms with Crippen LogP contribution in [0.5, 0.6) is 0 Å². The summed E-state index contributed by atoms with van der Waals surface area (Å²) in [6.07, 6.45) is 5.69. The minimum Gasteiger partial charge on any atom is -0.324 e. The van der Waals surface area contributed by atoms with Gasteiger partial charge < -0.3 is 16.0 Å². The second kappa shape index (κ2) is 7.46. The summed E-state index contributed by atoms with van der Waals surface area (Å²) in [6.45, 7) is 5.00. The van der Waals surface area contributed by atoms with Crippen LogP contribution in [0.3, 0.4) is 0 Å². The fourth-order valence-corrected chi connectivity index (χ4v) is 2.97. The molecule has 1 aliphatic rings. The Morgan fingerprint density at radius 1 is 1.38 bits per heavy atom. The van der Waals surface area contributed by atoms with Gasteiger partial charge in [-0.05, 0) is 50.3 Å². The van der Waals surface area contributed by atoms with E-state index in [-0.39, 0.29) is 12.1 Å². The number of benzene rings is 1. The third-order valence-corrected chi connectivity index (χ3v) is 4.20. The van der Waals surface area contributed by atoms with Gasteiger partial charge in [0.25, 0.3) is 0 Å². The van der Waals surface area contributed by atoms with Crippen molar-refractivity contribution in [2.45, 2.75) is 58.0 Å². The summed E-state index contributed by atoms with van der Waals surface area (Å²) < 4.78 is 0. The van der Waals surface area contributed by atoms with E-state index >= 15 is 0 Å². The molecule has 116 valence electrons. The molecule has 1 aromatic carbocycles. The molecule has 0 bridgehead atoms. The predicted molar refractivity (Wildman–Crippen MR) is 87.3 cm³/mol. The molecule has 0 spiro atoms. The van der Waals surface area contributed by atoms with Crippen molar-refractivity contribution in [1.82, 2.24) is 4.90 Å². The number of piperidine rings is 1. The molecule has 2 atom stereocenters. The van der Waals surface area contributed by atoms with Gasteiger partial charge in [0.2, 0.25) is 0 Å². The lowest BCUT2D eigenvalue weighted by atomic mass is 9.99. The van der Waals surface area contributed by atoms with E-state index in [0.29, 0.717) is 6.04 Å². The summed E-state index contributed by atoms with van der Waals surface area (Å²) in [6, 6.07) is 8.24. The van der Waals surface area contributed by atoms with Crippen molar-refractivity contribution in [1.29, 1.82) is 0 Å². The third-order valence-electron chi connectivity index (χ3n) is 4.20. The number of likely N-dealkylation sites (tertiary alicyclic amines) is 1. The Labute approximate surface area is 127 Å². The highest BCUT2D eigenvalue weighted by Crippen LogP contribution is 2.22. The lowest BCUT2D eigenvalue weighted by molar-refractivity contribution is 0.157. The van der Waals surface area contributed by atoms with Gasteiger partial charge in [0.05, 0.1) is 0 Å². The molecule has 1 aromatic rings. The molecule has 4 heteroatoms. The first kappa shape index (κ1) is 15.8. The van der Waals surface area contributed by atoms with E-state index in [2.05, 4.69) is 12.2 Å². The van der Waals surface area contributed by atoms with Gasteiger partial charge in [-0.15, -0.1) is 0 Å². The van der Waals surface area contributed by atoms with Crippen LogP contribution in [0.25, 0.3) is 0 Å². The summed E-state index contributed by atoms with van der Waals surface area (Å²) in [5.74, 6) is 0. The molecule has 21 heavy (non-hydrogen) atoms. The quantitative estimate of drug-likeness (QED) is 0.883. The number of carbonyl (C=O) groups excluding carboxylic acids is 1. The van der Waals surface area contributed by atoms with Crippen LogP contribution in [-0.4, -0.2) is 23.5 Å². The summed E-state index contributed by atoms with van der Waals surface area (Å²) in [4.78, 5) is 14.5. The fraction of sp³-hybridized carbons (Fsp3) is 0.588. The van der Waals surface area contributed by atoms with Gasteiger partial charge in [0.15, 0.2) is 0 Å². The SMILES string of the molecule is CCCC1CCCCN1C(=O)Nc1ccc(C(C)N)cc1. The van der Waals surface area contributed by atoms with Crippen molar-refractivity contribution >= 4 is 11.7 Å². The van der Waals surface area contributed by atoms with E-state index in [0.717, 1.165) is 43.5 Å². The van der Waals surface area contributed by atoms with Crippen molar-refractivity contribution in [3.05, 3.63) is 29.8 Å². The molecule has 4 nitrogen and oxygen atoms in total. The highest BCUT2D eigenvalue weighted by atomic mass is 16.2. The normalized spacial score (nSPS) is 20.1. The Hall–Kier alpha value is -1.55. The molecular weight excluding hydrogens is 262 g/mol. The Morgan fingerprint density at radius 2 is 2.10 bits per heavy atom. The number of carbonyl (C=O) groups is 1. The van der Waals surface area contributed by atoms with Gasteiger partial charge in [-0.1, -0.05) is 25.5 Å². The molecule has 0 radical (unpaired) electrons. The van der Waals surface area contributed by atoms with Gasteiger partial charge in [0, 0.05) is 24.3 Å². The van der Waals surface area contributed by atoms with E-state index < -0.39 is 0 Å². The van der Waals surface area contributed by atoms with Gasteiger partial charge >= 0.3 is 6.03 Å². The molecule has 0 aliphatic carbocycles. The molecule has 2 unspecified atom stereocenters. The number of nitrogens with two attached hydrogens (primary N) is 1. The van der Waals surface area contributed by atoms with Gasteiger partial charge in [0.1, 0.15) is 0 Å².